The Hall–Kier alpha value is -0.900. The molecule has 2 fully saturated rings. The van der Waals surface area contributed by atoms with Crippen molar-refractivity contribution >= 4 is 0 Å². The van der Waals surface area contributed by atoms with Gasteiger partial charge in [-0.1, -0.05) is 30.3 Å². The average Bonchev–Trinajstić information content (AvgIpc) is 3.22. The zero-order chi connectivity index (χ0) is 13.8. The molecule has 1 saturated carbocycles. The maximum absolute atomic E-state index is 9.18. The van der Waals surface area contributed by atoms with Crippen molar-refractivity contribution in [2.75, 3.05) is 32.8 Å². The van der Waals surface area contributed by atoms with Crippen LogP contribution >= 0.6 is 0 Å². The molecular weight excluding hydrogens is 248 g/mol. The van der Waals surface area contributed by atoms with Crippen LogP contribution in [0.15, 0.2) is 30.3 Å². The van der Waals surface area contributed by atoms with Gasteiger partial charge in [-0.15, -0.1) is 0 Å². The Morgan fingerprint density at radius 1 is 1.15 bits per heavy atom. The molecule has 1 aliphatic heterocycles. The fraction of sp³-hybridized carbons (Fsp3) is 0.647. The maximum Gasteiger partial charge on any atom is 0.0558 e. The minimum absolute atomic E-state index is 0.303. The molecule has 0 radical (unpaired) electrons. The molecular formula is C17H26N2O. The molecule has 1 N–H and O–H groups in total. The van der Waals surface area contributed by atoms with Gasteiger partial charge in [-0.25, -0.2) is 0 Å². The highest BCUT2D eigenvalue weighted by Crippen LogP contribution is 2.29. The van der Waals surface area contributed by atoms with Gasteiger partial charge >= 0.3 is 0 Å². The van der Waals surface area contributed by atoms with E-state index < -0.39 is 0 Å². The van der Waals surface area contributed by atoms with Gasteiger partial charge < -0.3 is 5.11 Å². The molecule has 20 heavy (non-hydrogen) atoms. The van der Waals surface area contributed by atoms with E-state index in [0.29, 0.717) is 6.61 Å². The molecule has 1 aromatic carbocycles. The molecule has 1 atom stereocenters. The Kier molecular flexibility index (Phi) is 4.71. The summed E-state index contributed by atoms with van der Waals surface area (Å²) in [6, 6.07) is 11.5. The number of aliphatic hydroxyl groups excluding tert-OH is 1. The van der Waals surface area contributed by atoms with E-state index in [1.165, 1.54) is 44.5 Å². The highest BCUT2D eigenvalue weighted by Gasteiger charge is 2.32. The Morgan fingerprint density at radius 2 is 1.95 bits per heavy atom. The second kappa shape index (κ2) is 6.70. The predicted octanol–water partition coefficient (Wildman–Crippen LogP) is 1.97. The van der Waals surface area contributed by atoms with Gasteiger partial charge in [-0.3, -0.25) is 9.80 Å². The van der Waals surface area contributed by atoms with Crippen LogP contribution in [0, 0.1) is 5.92 Å². The second-order valence-corrected chi connectivity index (χ2v) is 6.33. The van der Waals surface area contributed by atoms with E-state index in [9.17, 15) is 5.11 Å². The first-order chi connectivity index (χ1) is 9.85. The van der Waals surface area contributed by atoms with Crippen molar-refractivity contribution in [3.63, 3.8) is 0 Å². The molecule has 0 aromatic heterocycles. The van der Waals surface area contributed by atoms with Crippen LogP contribution in [-0.2, 0) is 6.54 Å². The summed E-state index contributed by atoms with van der Waals surface area (Å²) < 4.78 is 0. The quantitative estimate of drug-likeness (QED) is 0.823. The topological polar surface area (TPSA) is 26.7 Å². The van der Waals surface area contributed by atoms with Crippen LogP contribution in [-0.4, -0.2) is 53.7 Å². The fourth-order valence-corrected chi connectivity index (χ4v) is 3.37. The summed E-state index contributed by atoms with van der Waals surface area (Å²) in [7, 11) is 0. The van der Waals surface area contributed by atoms with Crippen molar-refractivity contribution in [3.8, 4) is 0 Å². The molecule has 3 nitrogen and oxygen atoms in total. The van der Waals surface area contributed by atoms with E-state index in [-0.39, 0.29) is 0 Å². The lowest BCUT2D eigenvalue weighted by atomic mass is 10.1. The maximum atomic E-state index is 9.18. The summed E-state index contributed by atoms with van der Waals surface area (Å²) in [6.45, 7) is 5.86. The monoisotopic (exact) mass is 274 g/mol. The van der Waals surface area contributed by atoms with Gasteiger partial charge in [0.25, 0.3) is 0 Å². The van der Waals surface area contributed by atoms with E-state index in [1.807, 2.05) is 0 Å². The minimum Gasteiger partial charge on any atom is -0.395 e. The van der Waals surface area contributed by atoms with E-state index >= 15 is 0 Å². The average molecular weight is 274 g/mol. The smallest absolute Gasteiger partial charge is 0.0558 e. The van der Waals surface area contributed by atoms with Crippen LogP contribution < -0.4 is 0 Å². The molecule has 0 amide bonds. The van der Waals surface area contributed by atoms with Crippen molar-refractivity contribution in [1.29, 1.82) is 0 Å². The number of aliphatic hydroxyl groups is 1. The van der Waals surface area contributed by atoms with Crippen molar-refractivity contribution < 1.29 is 5.11 Å². The molecule has 0 spiro atoms. The van der Waals surface area contributed by atoms with Gasteiger partial charge in [0.05, 0.1) is 6.61 Å². The number of hydrogen-bond acceptors (Lipinski definition) is 3. The third kappa shape index (κ3) is 3.81. The fourth-order valence-electron chi connectivity index (χ4n) is 3.37. The van der Waals surface area contributed by atoms with Gasteiger partial charge in [-0.2, -0.15) is 0 Å². The first-order valence-electron chi connectivity index (χ1n) is 7.96. The molecule has 1 aliphatic carbocycles. The summed E-state index contributed by atoms with van der Waals surface area (Å²) in [4.78, 5) is 5.08. The number of likely N-dealkylation sites (tertiary alicyclic amines) is 1. The van der Waals surface area contributed by atoms with E-state index in [2.05, 4.69) is 40.1 Å². The van der Waals surface area contributed by atoms with Gasteiger partial charge in [0, 0.05) is 32.2 Å². The number of nitrogens with zero attached hydrogens (tertiary/aromatic N) is 2. The Morgan fingerprint density at radius 3 is 2.65 bits per heavy atom. The summed E-state index contributed by atoms with van der Waals surface area (Å²) in [5, 5.41) is 9.18. The van der Waals surface area contributed by atoms with Crippen molar-refractivity contribution in [1.82, 2.24) is 9.80 Å². The normalized spacial score (nSPS) is 23.6. The molecule has 1 heterocycles. The standard InChI is InChI=1S/C17H26N2O/c20-11-10-19(17-6-7-17)14-16-8-9-18(13-16)12-15-4-2-1-3-5-15/h1-5,16-17,20H,6-14H2. The van der Waals surface area contributed by atoms with Crippen LogP contribution in [0.5, 0.6) is 0 Å². The molecule has 1 saturated heterocycles. The third-order valence-electron chi connectivity index (χ3n) is 4.56. The van der Waals surface area contributed by atoms with Gasteiger partial charge in [0.2, 0.25) is 0 Å². The SMILES string of the molecule is OCCN(CC1CCN(Cc2ccccc2)C1)C1CC1. The van der Waals surface area contributed by atoms with E-state index in [1.54, 1.807) is 0 Å². The number of hydrogen-bond donors (Lipinski definition) is 1. The summed E-state index contributed by atoms with van der Waals surface area (Å²) >= 11 is 0. The summed E-state index contributed by atoms with van der Waals surface area (Å²) in [5.41, 5.74) is 1.42. The lowest BCUT2D eigenvalue weighted by Gasteiger charge is -2.24. The minimum atomic E-state index is 0.303. The van der Waals surface area contributed by atoms with E-state index in [4.69, 9.17) is 0 Å². The highest BCUT2D eigenvalue weighted by atomic mass is 16.3. The number of benzene rings is 1. The second-order valence-electron chi connectivity index (χ2n) is 6.33. The molecule has 0 bridgehead atoms. The van der Waals surface area contributed by atoms with Crippen LogP contribution in [0.3, 0.4) is 0 Å². The third-order valence-corrected chi connectivity index (χ3v) is 4.56. The Bertz CT molecular complexity index is 405. The molecule has 1 unspecified atom stereocenters. The van der Waals surface area contributed by atoms with Gasteiger partial charge in [0.1, 0.15) is 0 Å². The van der Waals surface area contributed by atoms with Crippen LogP contribution in [0.25, 0.3) is 0 Å². The van der Waals surface area contributed by atoms with Gasteiger partial charge in [-0.05, 0) is 37.3 Å². The largest absolute Gasteiger partial charge is 0.395 e. The summed E-state index contributed by atoms with van der Waals surface area (Å²) in [5.74, 6) is 0.783. The number of rotatable bonds is 7. The molecule has 3 heteroatoms. The molecule has 110 valence electrons. The van der Waals surface area contributed by atoms with Crippen molar-refractivity contribution in [3.05, 3.63) is 35.9 Å². The first-order valence-corrected chi connectivity index (χ1v) is 7.96. The summed E-state index contributed by atoms with van der Waals surface area (Å²) in [6.07, 6.45) is 3.97. The van der Waals surface area contributed by atoms with Crippen LogP contribution in [0.2, 0.25) is 0 Å². The predicted molar refractivity (Wildman–Crippen MR) is 81.5 cm³/mol. The lowest BCUT2D eigenvalue weighted by molar-refractivity contribution is 0.167. The van der Waals surface area contributed by atoms with Crippen molar-refractivity contribution in [2.24, 2.45) is 5.92 Å². The highest BCUT2D eigenvalue weighted by molar-refractivity contribution is 5.14. The molecule has 3 rings (SSSR count). The van der Waals surface area contributed by atoms with Crippen LogP contribution in [0.1, 0.15) is 24.8 Å². The molecule has 2 aliphatic rings. The first kappa shape index (κ1) is 14.1. The Labute approximate surface area is 122 Å². The zero-order valence-electron chi connectivity index (χ0n) is 12.2. The van der Waals surface area contributed by atoms with E-state index in [0.717, 1.165) is 25.0 Å². The molecule has 1 aromatic rings. The lowest BCUT2D eigenvalue weighted by Crippen LogP contribution is -2.35. The van der Waals surface area contributed by atoms with Crippen molar-refractivity contribution in [2.45, 2.75) is 31.8 Å². The zero-order valence-corrected chi connectivity index (χ0v) is 12.2. The Balaban J connectivity index is 1.46. The van der Waals surface area contributed by atoms with Gasteiger partial charge in [0.15, 0.2) is 0 Å². The van der Waals surface area contributed by atoms with Crippen LogP contribution in [0.4, 0.5) is 0 Å².